The van der Waals surface area contributed by atoms with E-state index in [0.717, 1.165) is 6.07 Å². The van der Waals surface area contributed by atoms with Crippen LogP contribution in [0.4, 0.5) is 17.6 Å². The monoisotopic (exact) mass is 295 g/mol. The second-order valence-electron chi connectivity index (χ2n) is 3.74. The molecule has 0 saturated heterocycles. The molecule has 1 aromatic rings. The van der Waals surface area contributed by atoms with Crippen LogP contribution in [-0.4, -0.2) is 48.6 Å². The van der Waals surface area contributed by atoms with Gasteiger partial charge < -0.3 is 14.7 Å². The summed E-state index contributed by atoms with van der Waals surface area (Å²) in [5.74, 6) is -1.31. The minimum absolute atomic E-state index is 0.262. The third-order valence-electron chi connectivity index (χ3n) is 2.35. The lowest BCUT2D eigenvalue weighted by molar-refractivity contribution is -0.0503. The first kappa shape index (κ1) is 16.2. The summed E-state index contributed by atoms with van der Waals surface area (Å²) >= 11 is 0. The number of halogens is 4. The van der Waals surface area contributed by atoms with Crippen molar-refractivity contribution in [3.05, 3.63) is 29.8 Å². The average Bonchev–Trinajstić information content (AvgIpc) is 2.37. The Hall–Kier alpha value is -1.83. The van der Waals surface area contributed by atoms with Crippen LogP contribution in [0, 0.1) is 0 Å². The lowest BCUT2D eigenvalue weighted by Gasteiger charge is -2.22. The minimum Gasteiger partial charge on any atom is -0.434 e. The number of hydrogen-bond acceptors (Lipinski definition) is 3. The standard InChI is InChI=1S/C12H13F4NO3/c13-10(14)7-17(5-6-18)11(19)8-3-1-2-4-9(8)20-12(15)16/h1-4,10,12,18H,5-7H2. The van der Waals surface area contributed by atoms with E-state index >= 15 is 0 Å². The maximum Gasteiger partial charge on any atom is 0.387 e. The van der Waals surface area contributed by atoms with Gasteiger partial charge in [0.15, 0.2) is 0 Å². The average molecular weight is 295 g/mol. The molecule has 0 unspecified atom stereocenters. The molecule has 112 valence electrons. The molecule has 0 radical (unpaired) electrons. The van der Waals surface area contributed by atoms with E-state index in [0.29, 0.717) is 4.90 Å². The smallest absolute Gasteiger partial charge is 0.387 e. The number of carbonyl (C=O) groups excluding carboxylic acids is 1. The summed E-state index contributed by atoms with van der Waals surface area (Å²) in [7, 11) is 0. The Morgan fingerprint density at radius 2 is 1.90 bits per heavy atom. The van der Waals surface area contributed by atoms with Crippen LogP contribution < -0.4 is 4.74 Å². The number of alkyl halides is 4. The number of nitrogens with zero attached hydrogens (tertiary/aromatic N) is 1. The molecule has 0 spiro atoms. The van der Waals surface area contributed by atoms with Crippen LogP contribution in [0.5, 0.6) is 5.75 Å². The number of carbonyl (C=O) groups is 1. The van der Waals surface area contributed by atoms with E-state index in [1.54, 1.807) is 0 Å². The zero-order valence-electron chi connectivity index (χ0n) is 10.3. The SMILES string of the molecule is O=C(c1ccccc1OC(F)F)N(CCO)CC(F)F. The normalized spacial score (nSPS) is 10.9. The van der Waals surface area contributed by atoms with E-state index in [1.807, 2.05) is 0 Å². The van der Waals surface area contributed by atoms with Crippen molar-refractivity contribution in [3.63, 3.8) is 0 Å². The third-order valence-corrected chi connectivity index (χ3v) is 2.35. The topological polar surface area (TPSA) is 49.8 Å². The molecule has 1 N–H and O–H groups in total. The van der Waals surface area contributed by atoms with Crippen LogP contribution in [0.3, 0.4) is 0 Å². The van der Waals surface area contributed by atoms with Gasteiger partial charge in [-0.1, -0.05) is 12.1 Å². The predicted octanol–water partition coefficient (Wildman–Crippen LogP) is 1.99. The van der Waals surface area contributed by atoms with Gasteiger partial charge in [0, 0.05) is 6.54 Å². The Labute approximate surface area is 112 Å². The molecular formula is C12H13F4NO3. The molecule has 1 aromatic carbocycles. The maximum absolute atomic E-state index is 12.4. The first-order chi connectivity index (χ1) is 9.45. The third kappa shape index (κ3) is 4.69. The Balaban J connectivity index is 2.98. The fourth-order valence-electron chi connectivity index (χ4n) is 1.58. The van der Waals surface area contributed by atoms with Gasteiger partial charge in [-0.15, -0.1) is 0 Å². The van der Waals surface area contributed by atoms with Crippen LogP contribution in [-0.2, 0) is 0 Å². The first-order valence-electron chi connectivity index (χ1n) is 5.67. The van der Waals surface area contributed by atoms with Crippen LogP contribution in [0.1, 0.15) is 10.4 Å². The van der Waals surface area contributed by atoms with E-state index in [9.17, 15) is 22.4 Å². The van der Waals surface area contributed by atoms with Crippen molar-refractivity contribution < 1.29 is 32.2 Å². The number of amides is 1. The van der Waals surface area contributed by atoms with Crippen molar-refractivity contribution in [3.8, 4) is 5.75 Å². The van der Waals surface area contributed by atoms with Crippen molar-refractivity contribution >= 4 is 5.91 Å². The van der Waals surface area contributed by atoms with E-state index < -0.39 is 37.8 Å². The summed E-state index contributed by atoms with van der Waals surface area (Å²) in [5, 5.41) is 8.77. The molecule has 4 nitrogen and oxygen atoms in total. The Kier molecular flexibility index (Phi) is 6.23. The molecule has 0 fully saturated rings. The highest BCUT2D eigenvalue weighted by Gasteiger charge is 2.23. The molecule has 0 heterocycles. The molecule has 0 saturated carbocycles. The van der Waals surface area contributed by atoms with Crippen LogP contribution in [0.2, 0.25) is 0 Å². The van der Waals surface area contributed by atoms with Crippen LogP contribution >= 0.6 is 0 Å². The molecule has 0 aliphatic rings. The maximum atomic E-state index is 12.4. The van der Waals surface area contributed by atoms with Gasteiger partial charge in [0.2, 0.25) is 0 Å². The van der Waals surface area contributed by atoms with Gasteiger partial charge in [-0.2, -0.15) is 8.78 Å². The van der Waals surface area contributed by atoms with Gasteiger partial charge in [0.1, 0.15) is 5.75 Å². The van der Waals surface area contributed by atoms with Gasteiger partial charge in [0.25, 0.3) is 12.3 Å². The van der Waals surface area contributed by atoms with Crippen molar-refractivity contribution in [2.24, 2.45) is 0 Å². The Bertz CT molecular complexity index is 442. The molecule has 0 aliphatic heterocycles. The number of para-hydroxylation sites is 1. The van der Waals surface area contributed by atoms with Crippen molar-refractivity contribution in [2.45, 2.75) is 13.0 Å². The molecule has 20 heavy (non-hydrogen) atoms. The summed E-state index contributed by atoms with van der Waals surface area (Å²) in [5.41, 5.74) is -0.262. The lowest BCUT2D eigenvalue weighted by Crippen LogP contribution is -2.37. The number of hydrogen-bond donors (Lipinski definition) is 1. The van der Waals surface area contributed by atoms with Crippen molar-refractivity contribution in [1.82, 2.24) is 4.90 Å². The number of aliphatic hydroxyl groups is 1. The number of aliphatic hydroxyl groups excluding tert-OH is 1. The van der Waals surface area contributed by atoms with Crippen LogP contribution in [0.15, 0.2) is 24.3 Å². The predicted molar refractivity (Wildman–Crippen MR) is 62.1 cm³/mol. The zero-order valence-corrected chi connectivity index (χ0v) is 10.3. The number of benzene rings is 1. The molecule has 0 atom stereocenters. The quantitative estimate of drug-likeness (QED) is 0.783. The van der Waals surface area contributed by atoms with Crippen LogP contribution in [0.25, 0.3) is 0 Å². The summed E-state index contributed by atoms with van der Waals surface area (Å²) in [4.78, 5) is 12.7. The fourth-order valence-corrected chi connectivity index (χ4v) is 1.58. The Morgan fingerprint density at radius 3 is 2.45 bits per heavy atom. The molecular weight excluding hydrogens is 282 g/mol. The van der Waals surface area contributed by atoms with Crippen molar-refractivity contribution in [1.29, 1.82) is 0 Å². The van der Waals surface area contributed by atoms with E-state index in [1.165, 1.54) is 18.2 Å². The molecule has 0 aliphatic carbocycles. The van der Waals surface area contributed by atoms with Crippen molar-refractivity contribution in [2.75, 3.05) is 19.7 Å². The molecule has 0 aromatic heterocycles. The molecule has 1 rings (SSSR count). The van der Waals surface area contributed by atoms with E-state index in [2.05, 4.69) is 4.74 Å². The van der Waals surface area contributed by atoms with E-state index in [4.69, 9.17) is 5.11 Å². The van der Waals surface area contributed by atoms with Gasteiger partial charge in [-0.25, -0.2) is 8.78 Å². The summed E-state index contributed by atoms with van der Waals surface area (Å²) in [6, 6.07) is 5.10. The van der Waals surface area contributed by atoms with E-state index in [-0.39, 0.29) is 12.1 Å². The van der Waals surface area contributed by atoms with Gasteiger partial charge in [0.05, 0.1) is 18.7 Å². The highest BCUT2D eigenvalue weighted by Crippen LogP contribution is 2.22. The molecule has 1 amide bonds. The summed E-state index contributed by atoms with van der Waals surface area (Å²) in [6.45, 7) is -4.88. The summed E-state index contributed by atoms with van der Waals surface area (Å²) < 4.78 is 53.3. The second kappa shape index (κ2) is 7.68. The van der Waals surface area contributed by atoms with Gasteiger partial charge in [-0.3, -0.25) is 4.79 Å². The number of rotatable bonds is 7. The number of ether oxygens (including phenoxy) is 1. The fraction of sp³-hybridized carbons (Fsp3) is 0.417. The zero-order chi connectivity index (χ0) is 15.1. The first-order valence-corrected chi connectivity index (χ1v) is 5.67. The summed E-state index contributed by atoms with van der Waals surface area (Å²) in [6.07, 6.45) is -2.80. The van der Waals surface area contributed by atoms with Gasteiger partial charge >= 0.3 is 6.61 Å². The highest BCUT2D eigenvalue weighted by molar-refractivity contribution is 5.97. The minimum atomic E-state index is -3.13. The molecule has 8 heteroatoms. The lowest BCUT2D eigenvalue weighted by atomic mass is 10.1. The largest absolute Gasteiger partial charge is 0.434 e. The molecule has 0 bridgehead atoms. The highest BCUT2D eigenvalue weighted by atomic mass is 19.3. The Morgan fingerprint density at radius 1 is 1.25 bits per heavy atom. The second-order valence-corrected chi connectivity index (χ2v) is 3.74. The van der Waals surface area contributed by atoms with Gasteiger partial charge in [-0.05, 0) is 12.1 Å².